The summed E-state index contributed by atoms with van der Waals surface area (Å²) >= 11 is 0. The van der Waals surface area contributed by atoms with Gasteiger partial charge in [0.1, 0.15) is 0 Å². The highest BCUT2D eigenvalue weighted by Crippen LogP contribution is 1.94. The van der Waals surface area contributed by atoms with Gasteiger partial charge in [-0.25, -0.2) is 4.79 Å². The average molecular weight is 176 g/mol. The van der Waals surface area contributed by atoms with E-state index in [9.17, 15) is 9.59 Å². The van der Waals surface area contributed by atoms with E-state index in [0.717, 1.165) is 6.42 Å². The van der Waals surface area contributed by atoms with Gasteiger partial charge in [-0.2, -0.15) is 0 Å². The molecule has 12 heavy (non-hydrogen) atoms. The third-order valence-corrected chi connectivity index (χ3v) is 0.996. The second-order valence-electron chi connectivity index (χ2n) is 2.15. The molecule has 0 aliphatic rings. The first kappa shape index (κ1) is 13.7. The molecule has 0 fully saturated rings. The van der Waals surface area contributed by atoms with Crippen LogP contribution in [0.15, 0.2) is 0 Å². The number of Topliss-reactive ketones (excluding diaryl/α,β-unsaturated/α-hetero) is 1. The van der Waals surface area contributed by atoms with Gasteiger partial charge in [0.15, 0.2) is 0 Å². The van der Waals surface area contributed by atoms with Crippen molar-refractivity contribution < 1.29 is 19.8 Å². The Morgan fingerprint density at radius 3 is 1.92 bits per heavy atom. The molecular formula is C8H16O4. The van der Waals surface area contributed by atoms with E-state index in [4.69, 9.17) is 10.2 Å². The van der Waals surface area contributed by atoms with Gasteiger partial charge < -0.3 is 10.2 Å². The fourth-order valence-corrected chi connectivity index (χ4v) is 0.444. The highest BCUT2D eigenvalue weighted by molar-refractivity contribution is 6.32. The quantitative estimate of drug-likeness (QED) is 0.622. The van der Waals surface area contributed by atoms with E-state index in [1.54, 1.807) is 6.92 Å². The molecule has 0 atom stereocenters. The summed E-state index contributed by atoms with van der Waals surface area (Å²) in [4.78, 5) is 20.2. The summed E-state index contributed by atoms with van der Waals surface area (Å²) in [5.74, 6) is -2.00. The first-order valence-corrected chi connectivity index (χ1v) is 3.97. The van der Waals surface area contributed by atoms with Gasteiger partial charge >= 0.3 is 5.97 Å². The lowest BCUT2D eigenvalue weighted by molar-refractivity contribution is -0.149. The van der Waals surface area contributed by atoms with Crippen LogP contribution in [0.2, 0.25) is 0 Å². The molecule has 0 unspecified atom stereocenters. The molecule has 0 aromatic heterocycles. The fourth-order valence-electron chi connectivity index (χ4n) is 0.444. The lowest BCUT2D eigenvalue weighted by Gasteiger charge is -1.89. The number of rotatable bonds is 4. The molecule has 0 aromatic carbocycles. The molecule has 0 aliphatic heterocycles. The van der Waals surface area contributed by atoms with Crippen LogP contribution in [0.3, 0.4) is 0 Å². The van der Waals surface area contributed by atoms with Crippen LogP contribution in [0.1, 0.15) is 33.1 Å². The van der Waals surface area contributed by atoms with Gasteiger partial charge in [-0.1, -0.05) is 13.3 Å². The van der Waals surface area contributed by atoms with Crippen molar-refractivity contribution in [2.75, 3.05) is 6.61 Å². The summed E-state index contributed by atoms with van der Waals surface area (Å²) in [6.45, 7) is 3.84. The number of carboxylic acid groups (broad SMARTS) is 1. The van der Waals surface area contributed by atoms with Crippen molar-refractivity contribution in [2.45, 2.75) is 33.1 Å². The summed E-state index contributed by atoms with van der Waals surface area (Å²) in [7, 11) is 0. The molecule has 0 aromatic rings. The van der Waals surface area contributed by atoms with Crippen molar-refractivity contribution in [3.63, 3.8) is 0 Å². The predicted octanol–water partition coefficient (Wildman–Crippen LogP) is 0.829. The second kappa shape index (κ2) is 10.1. The zero-order valence-corrected chi connectivity index (χ0v) is 7.54. The number of carbonyl (C=O) groups excluding carboxylic acids is 1. The van der Waals surface area contributed by atoms with Crippen molar-refractivity contribution in [1.29, 1.82) is 0 Å². The average Bonchev–Trinajstić information content (AvgIpc) is 2.01. The number of unbranched alkanes of at least 4 members (excludes halogenated alkanes) is 1. The van der Waals surface area contributed by atoms with E-state index in [-0.39, 0.29) is 13.0 Å². The van der Waals surface area contributed by atoms with Gasteiger partial charge in [0.25, 0.3) is 0 Å². The van der Waals surface area contributed by atoms with E-state index in [1.807, 2.05) is 6.92 Å². The summed E-state index contributed by atoms with van der Waals surface area (Å²) in [5.41, 5.74) is 0. The molecular weight excluding hydrogens is 160 g/mol. The maximum absolute atomic E-state index is 10.3. The topological polar surface area (TPSA) is 74.6 Å². The first-order chi connectivity index (χ1) is 5.59. The number of hydrogen-bond donors (Lipinski definition) is 2. The third-order valence-electron chi connectivity index (χ3n) is 0.996. The number of aliphatic hydroxyl groups excluding tert-OH is 1. The molecule has 0 heterocycles. The maximum Gasteiger partial charge on any atom is 0.372 e. The molecule has 4 nitrogen and oxygen atoms in total. The Kier molecular flexibility index (Phi) is 11.5. The molecule has 0 spiro atoms. The van der Waals surface area contributed by atoms with Crippen molar-refractivity contribution >= 4 is 11.8 Å². The lowest BCUT2D eigenvalue weighted by Crippen LogP contribution is -2.11. The first-order valence-electron chi connectivity index (χ1n) is 3.97. The van der Waals surface area contributed by atoms with Gasteiger partial charge in [-0.05, 0) is 13.3 Å². The van der Waals surface area contributed by atoms with Crippen molar-refractivity contribution in [3.05, 3.63) is 0 Å². The minimum absolute atomic E-state index is 0.172. The zero-order valence-electron chi connectivity index (χ0n) is 7.54. The number of carbonyl (C=O) groups is 2. The standard InChI is InChI=1S/C6H10O3.C2H6O/c1-2-3-4-5(7)6(8)9;1-2-3/h2-4H2,1H3,(H,8,9);3H,2H2,1H3. The Labute approximate surface area is 72.2 Å². The highest BCUT2D eigenvalue weighted by Gasteiger charge is 2.08. The molecule has 0 radical (unpaired) electrons. The number of carboxylic acids is 1. The van der Waals surface area contributed by atoms with E-state index < -0.39 is 11.8 Å². The van der Waals surface area contributed by atoms with Gasteiger partial charge in [-0.15, -0.1) is 0 Å². The minimum Gasteiger partial charge on any atom is -0.476 e. The van der Waals surface area contributed by atoms with Crippen molar-refractivity contribution in [3.8, 4) is 0 Å². The van der Waals surface area contributed by atoms with Crippen LogP contribution in [-0.2, 0) is 9.59 Å². The predicted molar refractivity (Wildman–Crippen MR) is 44.9 cm³/mol. The molecule has 0 amide bonds. The Morgan fingerprint density at radius 1 is 1.25 bits per heavy atom. The van der Waals surface area contributed by atoms with Crippen molar-refractivity contribution in [1.82, 2.24) is 0 Å². The smallest absolute Gasteiger partial charge is 0.372 e. The van der Waals surface area contributed by atoms with Gasteiger partial charge in [-0.3, -0.25) is 4.79 Å². The van der Waals surface area contributed by atoms with Crippen LogP contribution in [-0.4, -0.2) is 28.6 Å². The van der Waals surface area contributed by atoms with Crippen LogP contribution < -0.4 is 0 Å². The Hall–Kier alpha value is -0.900. The number of aliphatic hydroxyl groups is 1. The van der Waals surface area contributed by atoms with E-state index in [0.29, 0.717) is 6.42 Å². The molecule has 4 heteroatoms. The van der Waals surface area contributed by atoms with E-state index in [2.05, 4.69) is 0 Å². The largest absolute Gasteiger partial charge is 0.476 e. The minimum atomic E-state index is -1.32. The number of aliphatic carboxylic acids is 1. The fraction of sp³-hybridized carbons (Fsp3) is 0.750. The van der Waals surface area contributed by atoms with E-state index in [1.165, 1.54) is 0 Å². The summed E-state index contributed by atoms with van der Waals surface area (Å²) in [6.07, 6.45) is 1.70. The highest BCUT2D eigenvalue weighted by atomic mass is 16.4. The van der Waals surface area contributed by atoms with Crippen LogP contribution in [0.25, 0.3) is 0 Å². The molecule has 0 saturated heterocycles. The van der Waals surface area contributed by atoms with Gasteiger partial charge in [0.05, 0.1) is 0 Å². The number of ketones is 1. The van der Waals surface area contributed by atoms with Crippen LogP contribution in [0, 0.1) is 0 Å². The second-order valence-corrected chi connectivity index (χ2v) is 2.15. The van der Waals surface area contributed by atoms with Crippen molar-refractivity contribution in [2.24, 2.45) is 0 Å². The number of hydrogen-bond acceptors (Lipinski definition) is 3. The van der Waals surface area contributed by atoms with Gasteiger partial charge in [0.2, 0.25) is 5.78 Å². The Balaban J connectivity index is 0. The van der Waals surface area contributed by atoms with Gasteiger partial charge in [0, 0.05) is 13.0 Å². The lowest BCUT2D eigenvalue weighted by atomic mass is 10.2. The molecule has 72 valence electrons. The third kappa shape index (κ3) is 11.8. The molecule has 0 aliphatic carbocycles. The van der Waals surface area contributed by atoms with E-state index >= 15 is 0 Å². The summed E-state index contributed by atoms with van der Waals surface area (Å²) in [5, 5.41) is 15.6. The van der Waals surface area contributed by atoms with Crippen LogP contribution >= 0.6 is 0 Å². The van der Waals surface area contributed by atoms with Crippen LogP contribution in [0.5, 0.6) is 0 Å². The SMILES string of the molecule is CCCCC(=O)C(=O)O.CCO. The summed E-state index contributed by atoms with van der Waals surface area (Å²) in [6, 6.07) is 0. The normalized spacial score (nSPS) is 8.25. The molecule has 0 saturated carbocycles. The summed E-state index contributed by atoms with van der Waals surface area (Å²) < 4.78 is 0. The molecule has 0 rings (SSSR count). The van der Waals surface area contributed by atoms with Crippen LogP contribution in [0.4, 0.5) is 0 Å². The Morgan fingerprint density at radius 2 is 1.67 bits per heavy atom. The maximum atomic E-state index is 10.3. The molecule has 2 N–H and O–H groups in total. The zero-order chi connectivity index (χ0) is 9.98. The monoisotopic (exact) mass is 176 g/mol. The Bertz CT molecular complexity index is 131. The molecule has 0 bridgehead atoms.